The van der Waals surface area contributed by atoms with Gasteiger partial charge in [0.05, 0.1) is 18.1 Å². The average molecular weight is 383 g/mol. The second kappa shape index (κ2) is 7.20. The van der Waals surface area contributed by atoms with E-state index in [0.29, 0.717) is 22.5 Å². The molecule has 4 rings (SSSR count). The number of fused-ring (bicyclic) bond motifs is 1. The summed E-state index contributed by atoms with van der Waals surface area (Å²) in [5.41, 5.74) is 0.796. The van der Waals surface area contributed by atoms with Crippen molar-refractivity contribution < 1.29 is 13.6 Å². The SMILES string of the molecule is C[C@@H](NC(=O)CSc1nnc(-c2ccco2)n1N)c1cc2ccccc2o1. The first-order chi connectivity index (χ1) is 13.1. The third-order valence-electron chi connectivity index (χ3n) is 3.99. The van der Waals surface area contributed by atoms with Crippen molar-refractivity contribution >= 4 is 28.6 Å². The number of para-hydroxylation sites is 1. The van der Waals surface area contributed by atoms with Gasteiger partial charge in [-0.3, -0.25) is 4.79 Å². The Kier molecular flexibility index (Phi) is 4.59. The lowest BCUT2D eigenvalue weighted by atomic mass is 10.2. The summed E-state index contributed by atoms with van der Waals surface area (Å²) in [6.45, 7) is 1.88. The maximum absolute atomic E-state index is 12.3. The van der Waals surface area contributed by atoms with E-state index < -0.39 is 0 Å². The van der Waals surface area contributed by atoms with E-state index >= 15 is 0 Å². The number of aromatic nitrogens is 3. The van der Waals surface area contributed by atoms with Crippen molar-refractivity contribution in [3.63, 3.8) is 0 Å². The van der Waals surface area contributed by atoms with E-state index in [0.717, 1.165) is 11.0 Å². The molecule has 27 heavy (non-hydrogen) atoms. The van der Waals surface area contributed by atoms with E-state index in [1.54, 1.807) is 12.1 Å². The minimum atomic E-state index is -0.250. The van der Waals surface area contributed by atoms with Crippen LogP contribution in [0, 0.1) is 0 Å². The Morgan fingerprint density at radius 1 is 1.30 bits per heavy atom. The van der Waals surface area contributed by atoms with Crippen molar-refractivity contribution in [3.8, 4) is 11.6 Å². The van der Waals surface area contributed by atoms with Gasteiger partial charge in [-0.1, -0.05) is 30.0 Å². The summed E-state index contributed by atoms with van der Waals surface area (Å²) in [5, 5.41) is 12.3. The highest BCUT2D eigenvalue weighted by Gasteiger charge is 2.17. The van der Waals surface area contributed by atoms with E-state index in [1.807, 2.05) is 37.3 Å². The summed E-state index contributed by atoms with van der Waals surface area (Å²) in [4.78, 5) is 12.3. The molecule has 4 aromatic rings. The Balaban J connectivity index is 1.37. The number of benzene rings is 1. The number of hydrogen-bond acceptors (Lipinski definition) is 7. The van der Waals surface area contributed by atoms with Crippen LogP contribution in [0.4, 0.5) is 0 Å². The number of rotatable bonds is 6. The third-order valence-corrected chi connectivity index (χ3v) is 4.93. The molecule has 0 saturated carbocycles. The second-order valence-corrected chi connectivity index (χ2v) is 6.86. The van der Waals surface area contributed by atoms with E-state index in [-0.39, 0.29) is 17.7 Å². The number of furan rings is 2. The van der Waals surface area contributed by atoms with E-state index in [2.05, 4.69) is 15.5 Å². The lowest BCUT2D eigenvalue weighted by Gasteiger charge is -2.10. The van der Waals surface area contributed by atoms with Gasteiger partial charge >= 0.3 is 0 Å². The second-order valence-electron chi connectivity index (χ2n) is 5.92. The molecule has 3 aromatic heterocycles. The van der Waals surface area contributed by atoms with Crippen LogP contribution in [0.15, 0.2) is 62.7 Å². The minimum Gasteiger partial charge on any atom is -0.461 e. The van der Waals surface area contributed by atoms with Crippen LogP contribution in [0.25, 0.3) is 22.6 Å². The van der Waals surface area contributed by atoms with Crippen molar-refractivity contribution in [2.75, 3.05) is 11.6 Å². The fourth-order valence-electron chi connectivity index (χ4n) is 2.65. The summed E-state index contributed by atoms with van der Waals surface area (Å²) >= 11 is 1.20. The third kappa shape index (κ3) is 3.54. The van der Waals surface area contributed by atoms with Gasteiger partial charge in [-0.2, -0.15) is 0 Å². The molecule has 3 N–H and O–H groups in total. The Morgan fingerprint density at radius 3 is 2.93 bits per heavy atom. The number of carbonyl (C=O) groups excluding carboxylic acids is 1. The van der Waals surface area contributed by atoms with Gasteiger partial charge < -0.3 is 20.0 Å². The fraction of sp³-hybridized carbons (Fsp3) is 0.167. The van der Waals surface area contributed by atoms with Gasteiger partial charge in [-0.15, -0.1) is 10.2 Å². The predicted molar refractivity (Wildman–Crippen MR) is 101 cm³/mol. The monoisotopic (exact) mass is 383 g/mol. The highest BCUT2D eigenvalue weighted by molar-refractivity contribution is 7.99. The first-order valence-electron chi connectivity index (χ1n) is 8.27. The maximum atomic E-state index is 12.3. The molecule has 0 unspecified atom stereocenters. The molecule has 3 heterocycles. The first-order valence-corrected chi connectivity index (χ1v) is 9.25. The topological polar surface area (TPSA) is 112 Å². The van der Waals surface area contributed by atoms with Crippen LogP contribution >= 0.6 is 11.8 Å². The van der Waals surface area contributed by atoms with Gasteiger partial charge in [0, 0.05) is 5.39 Å². The lowest BCUT2D eigenvalue weighted by Crippen LogP contribution is -2.28. The number of carbonyl (C=O) groups is 1. The molecule has 8 nitrogen and oxygen atoms in total. The fourth-order valence-corrected chi connectivity index (χ4v) is 3.32. The predicted octanol–water partition coefficient (Wildman–Crippen LogP) is 2.97. The zero-order valence-electron chi connectivity index (χ0n) is 14.5. The highest BCUT2D eigenvalue weighted by Crippen LogP contribution is 2.24. The van der Waals surface area contributed by atoms with Crippen LogP contribution in [0.5, 0.6) is 0 Å². The van der Waals surface area contributed by atoms with Gasteiger partial charge in [0.25, 0.3) is 0 Å². The number of nitrogen functional groups attached to an aromatic ring is 1. The van der Waals surface area contributed by atoms with E-state index in [9.17, 15) is 4.79 Å². The van der Waals surface area contributed by atoms with Crippen LogP contribution in [-0.2, 0) is 4.79 Å². The molecule has 0 saturated heterocycles. The molecule has 9 heteroatoms. The Hall–Kier alpha value is -3.20. The first kappa shape index (κ1) is 17.2. The molecule has 0 spiro atoms. The smallest absolute Gasteiger partial charge is 0.231 e. The highest BCUT2D eigenvalue weighted by atomic mass is 32.2. The molecule has 0 radical (unpaired) electrons. The number of nitrogens with two attached hydrogens (primary N) is 1. The van der Waals surface area contributed by atoms with Crippen molar-refractivity contribution in [1.29, 1.82) is 0 Å². The summed E-state index contributed by atoms with van der Waals surface area (Å²) in [6, 6.07) is 12.9. The van der Waals surface area contributed by atoms with Crippen molar-refractivity contribution in [1.82, 2.24) is 20.2 Å². The Bertz CT molecular complexity index is 1040. The van der Waals surface area contributed by atoms with Crippen molar-refractivity contribution in [2.24, 2.45) is 0 Å². The quantitative estimate of drug-likeness (QED) is 0.389. The summed E-state index contributed by atoms with van der Waals surface area (Å²) in [5.74, 6) is 7.59. The summed E-state index contributed by atoms with van der Waals surface area (Å²) in [7, 11) is 0. The minimum absolute atomic E-state index is 0.151. The van der Waals surface area contributed by atoms with Gasteiger partial charge in [0.1, 0.15) is 11.3 Å². The largest absolute Gasteiger partial charge is 0.461 e. The van der Waals surface area contributed by atoms with Gasteiger partial charge in [-0.25, -0.2) is 4.68 Å². The number of nitrogens with one attached hydrogen (secondary N) is 1. The normalized spacial score (nSPS) is 12.3. The lowest BCUT2D eigenvalue weighted by molar-refractivity contribution is -0.119. The van der Waals surface area contributed by atoms with Gasteiger partial charge in [0.15, 0.2) is 5.76 Å². The zero-order valence-corrected chi connectivity index (χ0v) is 15.3. The van der Waals surface area contributed by atoms with Crippen LogP contribution in [0.2, 0.25) is 0 Å². The van der Waals surface area contributed by atoms with Crippen LogP contribution in [0.1, 0.15) is 18.7 Å². The molecule has 1 aromatic carbocycles. The molecule has 1 amide bonds. The van der Waals surface area contributed by atoms with Crippen LogP contribution in [0.3, 0.4) is 0 Å². The molecule has 0 bridgehead atoms. The molecular weight excluding hydrogens is 366 g/mol. The molecular formula is C18H17N5O3S. The summed E-state index contributed by atoms with van der Waals surface area (Å²) < 4.78 is 12.3. The molecule has 0 aliphatic rings. The number of hydrogen-bond donors (Lipinski definition) is 2. The van der Waals surface area contributed by atoms with Gasteiger partial charge in [-0.05, 0) is 31.2 Å². The van der Waals surface area contributed by atoms with E-state index in [1.165, 1.54) is 22.7 Å². The Labute approximate surface area is 158 Å². The number of thioether (sulfide) groups is 1. The van der Waals surface area contributed by atoms with Crippen molar-refractivity contribution in [3.05, 3.63) is 54.5 Å². The molecule has 1 atom stereocenters. The molecule has 0 fully saturated rings. The molecule has 0 aliphatic carbocycles. The molecule has 0 aliphatic heterocycles. The molecule has 138 valence electrons. The van der Waals surface area contributed by atoms with Crippen molar-refractivity contribution in [2.45, 2.75) is 18.1 Å². The average Bonchev–Trinajstić information content (AvgIpc) is 3.39. The Morgan fingerprint density at radius 2 is 2.15 bits per heavy atom. The zero-order chi connectivity index (χ0) is 18.8. The number of nitrogens with zero attached hydrogens (tertiary/aromatic N) is 3. The standard InChI is InChI=1S/C18H17N5O3S/c1-11(15-9-12-5-2-3-6-13(12)26-15)20-16(24)10-27-18-22-21-17(23(18)19)14-7-4-8-25-14/h2-9,11H,10,19H2,1H3,(H,20,24)/t11-/m1/s1. The van der Waals surface area contributed by atoms with Gasteiger partial charge in [0.2, 0.25) is 16.9 Å². The number of amides is 1. The van der Waals surface area contributed by atoms with E-state index in [4.69, 9.17) is 14.7 Å². The van der Waals surface area contributed by atoms with Crippen LogP contribution < -0.4 is 11.2 Å². The summed E-state index contributed by atoms with van der Waals surface area (Å²) in [6.07, 6.45) is 1.53. The maximum Gasteiger partial charge on any atom is 0.231 e. The van der Waals surface area contributed by atoms with Crippen LogP contribution in [-0.4, -0.2) is 26.5 Å².